The first-order valence-corrected chi connectivity index (χ1v) is 36.8. The molecule has 3 rings (SSSR count). The lowest BCUT2D eigenvalue weighted by atomic mass is 9.81. The third-order valence-corrected chi connectivity index (χ3v) is 16.1. The van der Waals surface area contributed by atoms with E-state index in [1.54, 1.807) is 18.2 Å². The largest absolute Gasteiger partial charge is 0.394 e. The van der Waals surface area contributed by atoms with Gasteiger partial charge in [-0.25, -0.2) is 0 Å². The summed E-state index contributed by atoms with van der Waals surface area (Å²) in [5.41, 5.74) is 2.80. The second-order valence-electron chi connectivity index (χ2n) is 22.5. The first kappa shape index (κ1) is 88.5. The molecule has 0 heterocycles. The maximum atomic E-state index is 12.9. The van der Waals surface area contributed by atoms with Crippen LogP contribution in [0.1, 0.15) is 87.8 Å². The Morgan fingerprint density at radius 3 is 0.857 bits per heavy atom. The maximum absolute atomic E-state index is 12.9. The van der Waals surface area contributed by atoms with Gasteiger partial charge in [-0.3, -0.25) is 4.55 Å². The molecule has 98 heavy (non-hydrogen) atoms. The molecular weight excluding hydrogens is 1300 g/mol. The van der Waals surface area contributed by atoms with Crippen LogP contribution in [0.2, 0.25) is 0 Å². The molecule has 26 nitrogen and oxygen atoms in total. The molecule has 0 unspecified atom stereocenters. The Balaban J connectivity index is 1.95. The number of nitrogens with zero attached hydrogens (tertiary/aromatic N) is 2. The van der Waals surface area contributed by atoms with E-state index in [0.717, 1.165) is 48.2 Å². The highest BCUT2D eigenvalue weighted by Crippen LogP contribution is 2.42. The summed E-state index contributed by atoms with van der Waals surface area (Å²) in [7, 11) is -4.60. The van der Waals surface area contributed by atoms with Gasteiger partial charge < -0.3 is 111 Å². The molecule has 0 saturated heterocycles. The summed E-state index contributed by atoms with van der Waals surface area (Å²) in [5, 5.41) is 35.6. The molecule has 0 saturated carbocycles. The first-order chi connectivity index (χ1) is 48.2. The minimum absolute atomic E-state index is 0.0301. The van der Waals surface area contributed by atoms with Crippen LogP contribution in [0.5, 0.6) is 0 Å². The van der Waals surface area contributed by atoms with Gasteiger partial charge in [0, 0.05) is 37.6 Å². The van der Waals surface area contributed by atoms with E-state index in [2.05, 4.69) is 65.3 Å². The zero-order valence-electron chi connectivity index (χ0n) is 58.8. The Labute approximate surface area is 584 Å². The summed E-state index contributed by atoms with van der Waals surface area (Å²) >= 11 is 0. The molecule has 0 bridgehead atoms. The quantitative estimate of drug-likeness (QED) is 0.0312. The van der Waals surface area contributed by atoms with Gasteiger partial charge in [0.25, 0.3) is 10.1 Å². The zero-order chi connectivity index (χ0) is 70.2. The van der Waals surface area contributed by atoms with Gasteiger partial charge >= 0.3 is 0 Å². The van der Waals surface area contributed by atoms with Crippen molar-refractivity contribution in [2.24, 2.45) is 0 Å². The van der Waals surface area contributed by atoms with Crippen molar-refractivity contribution in [2.75, 3.05) is 274 Å². The maximum Gasteiger partial charge on any atom is 0.294 e. The van der Waals surface area contributed by atoms with Gasteiger partial charge in [-0.05, 0) is 59.9 Å². The van der Waals surface area contributed by atoms with Gasteiger partial charge in [0.15, 0.2) is 0 Å². The summed E-state index contributed by atoms with van der Waals surface area (Å²) in [6, 6.07) is 23.1. The van der Waals surface area contributed by atoms with Crippen molar-refractivity contribution in [3.05, 3.63) is 89.5 Å². The Morgan fingerprint density at radius 2 is 0.582 bits per heavy atom. The van der Waals surface area contributed by atoms with Crippen LogP contribution in [-0.4, -0.2) is 297 Å². The Morgan fingerprint density at radius 1 is 0.327 bits per heavy atom. The molecule has 0 fully saturated rings. The normalized spacial score (nSPS) is 12.0. The van der Waals surface area contributed by atoms with Crippen LogP contribution in [0.4, 0.5) is 11.4 Å². The van der Waals surface area contributed by atoms with Crippen LogP contribution in [0.3, 0.4) is 0 Å². The number of anilines is 2. The standard InChI is InChI=1S/C71H122N2O24S/c1-2-3-4-5-6-7-8-9-12-23-71(97-64-65-13-10-11-14-70(65)98(78,79)80,66-15-19-68(20-16-66)72(24-32-81-40-48-89-56-60-93-52-44-85-36-28-74)25-33-82-41-49-90-57-61-94-53-45-86-37-29-75)67-17-21-69(22-18-67)73(26-34-83-42-50-91-58-62-95-54-46-87-38-30-76)27-35-84-43-51-92-59-63-96-55-47-88-39-31-77/h10-11,13-22,74-77H,2-9,12,23-64H2,1H3,(H,78,79,80). The summed E-state index contributed by atoms with van der Waals surface area (Å²) in [5.74, 6) is 0. The van der Waals surface area contributed by atoms with Crippen LogP contribution in [0.15, 0.2) is 77.7 Å². The van der Waals surface area contributed by atoms with E-state index in [9.17, 15) is 13.0 Å². The molecule has 0 spiro atoms. The number of hydrogen-bond donors (Lipinski definition) is 5. The minimum Gasteiger partial charge on any atom is -0.394 e. The number of ether oxygens (including phenoxy) is 17. The lowest BCUT2D eigenvalue weighted by molar-refractivity contribution is -0.0393. The molecule has 0 aliphatic heterocycles. The fourth-order valence-corrected chi connectivity index (χ4v) is 10.8. The van der Waals surface area contributed by atoms with E-state index in [1.165, 1.54) is 38.2 Å². The predicted molar refractivity (Wildman–Crippen MR) is 372 cm³/mol. The van der Waals surface area contributed by atoms with E-state index in [4.69, 9.17) is 101 Å². The Bertz CT molecular complexity index is 2170. The monoisotopic (exact) mass is 1420 g/mol. The van der Waals surface area contributed by atoms with Gasteiger partial charge in [0.05, 0.1) is 249 Å². The van der Waals surface area contributed by atoms with Crippen molar-refractivity contribution in [3.63, 3.8) is 0 Å². The number of unbranched alkanes of at least 4 members (excludes halogenated alkanes) is 8. The molecule has 0 amide bonds. The number of rotatable bonds is 74. The molecule has 3 aromatic carbocycles. The number of benzene rings is 3. The molecule has 0 aliphatic carbocycles. The Hall–Kier alpha value is -3.67. The number of aliphatic hydroxyl groups is 4. The topological polar surface area (TPSA) is 299 Å². The summed E-state index contributed by atoms with van der Waals surface area (Å²) in [6.07, 6.45) is 10.6. The van der Waals surface area contributed by atoms with Crippen LogP contribution < -0.4 is 9.80 Å². The van der Waals surface area contributed by atoms with Crippen molar-refractivity contribution in [2.45, 2.75) is 88.2 Å². The second kappa shape index (κ2) is 63.1. The average molecular weight is 1420 g/mol. The lowest BCUT2D eigenvalue weighted by Gasteiger charge is -2.37. The van der Waals surface area contributed by atoms with Crippen molar-refractivity contribution < 1.29 is 114 Å². The summed E-state index contributed by atoms with van der Waals surface area (Å²) < 4.78 is 134. The molecular formula is C71H122N2O24S. The van der Waals surface area contributed by atoms with Gasteiger partial charge in [0.2, 0.25) is 0 Å². The minimum atomic E-state index is -4.60. The highest BCUT2D eigenvalue weighted by molar-refractivity contribution is 7.85. The Kier molecular flexibility index (Phi) is 57.0. The van der Waals surface area contributed by atoms with Crippen molar-refractivity contribution in [1.29, 1.82) is 0 Å². The van der Waals surface area contributed by atoms with Crippen LogP contribution in [0.25, 0.3) is 0 Å². The van der Waals surface area contributed by atoms with Gasteiger partial charge in [-0.15, -0.1) is 0 Å². The smallest absolute Gasteiger partial charge is 0.294 e. The highest BCUT2D eigenvalue weighted by Gasteiger charge is 2.36. The molecule has 3 aromatic rings. The van der Waals surface area contributed by atoms with Gasteiger partial charge in [0.1, 0.15) is 5.60 Å². The predicted octanol–water partition coefficient (Wildman–Crippen LogP) is 6.16. The molecule has 27 heteroatoms. The zero-order valence-corrected chi connectivity index (χ0v) is 59.6. The number of aliphatic hydroxyl groups excluding tert-OH is 4. The second-order valence-corrected chi connectivity index (χ2v) is 23.9. The van der Waals surface area contributed by atoms with Crippen molar-refractivity contribution in [1.82, 2.24) is 0 Å². The van der Waals surface area contributed by atoms with Gasteiger partial charge in [-0.2, -0.15) is 8.42 Å². The van der Waals surface area contributed by atoms with Crippen molar-refractivity contribution in [3.8, 4) is 0 Å². The fourth-order valence-electron chi connectivity index (χ4n) is 10.1. The molecule has 0 aromatic heterocycles. The number of hydrogen-bond acceptors (Lipinski definition) is 25. The molecule has 0 radical (unpaired) electrons. The molecule has 0 atom stereocenters. The summed E-state index contributed by atoms with van der Waals surface area (Å²) in [4.78, 5) is 4.20. The highest BCUT2D eigenvalue weighted by atomic mass is 32.2. The van der Waals surface area contributed by atoms with E-state index in [1.807, 2.05) is 0 Å². The third kappa shape index (κ3) is 44.7. The van der Waals surface area contributed by atoms with Crippen LogP contribution in [0, 0.1) is 0 Å². The van der Waals surface area contributed by atoms with E-state index >= 15 is 0 Å². The molecule has 0 aliphatic rings. The average Bonchev–Trinajstić information content (AvgIpc) is 0.773. The van der Waals surface area contributed by atoms with Crippen LogP contribution >= 0.6 is 0 Å². The van der Waals surface area contributed by atoms with E-state index in [0.29, 0.717) is 223 Å². The summed E-state index contributed by atoms with van der Waals surface area (Å²) in [6.45, 7) is 16.5. The van der Waals surface area contributed by atoms with Crippen molar-refractivity contribution >= 4 is 21.5 Å². The first-order valence-electron chi connectivity index (χ1n) is 35.3. The molecule has 5 N–H and O–H groups in total. The SMILES string of the molecule is CCCCCCCCCCCC(OCc1ccccc1S(=O)(=O)O)(c1ccc(N(CCOCCOCCOCCOCCO)CCOCCOCCOCCOCCO)cc1)c1ccc(N(CCOCCOCCOCCOCCO)CCOCCOCCOCCOCCO)cc1. The fraction of sp³-hybridized carbons (Fsp3) is 0.746. The van der Waals surface area contributed by atoms with E-state index in [-0.39, 0.29) is 64.4 Å². The van der Waals surface area contributed by atoms with E-state index < -0.39 is 15.7 Å². The lowest BCUT2D eigenvalue weighted by Crippen LogP contribution is -2.34. The van der Waals surface area contributed by atoms with Gasteiger partial charge in [-0.1, -0.05) is 101 Å². The molecule has 566 valence electrons. The van der Waals surface area contributed by atoms with Crippen LogP contribution in [-0.2, 0) is 103 Å². The third-order valence-electron chi connectivity index (χ3n) is 15.2.